The van der Waals surface area contributed by atoms with Crippen molar-refractivity contribution in [2.24, 2.45) is 0 Å². The van der Waals surface area contributed by atoms with E-state index in [1.165, 1.54) is 12.1 Å². The van der Waals surface area contributed by atoms with E-state index in [2.05, 4.69) is 4.98 Å². The van der Waals surface area contributed by atoms with Gasteiger partial charge in [-0.05, 0) is 32.0 Å². The predicted octanol–water partition coefficient (Wildman–Crippen LogP) is 2.33. The summed E-state index contributed by atoms with van der Waals surface area (Å²) in [5.41, 5.74) is 1.10. The molecule has 2 rings (SSSR count). The summed E-state index contributed by atoms with van der Waals surface area (Å²) in [5, 5.41) is 8.87. The summed E-state index contributed by atoms with van der Waals surface area (Å²) in [5.74, 6) is -1.01. The molecule has 19 heavy (non-hydrogen) atoms. The van der Waals surface area contributed by atoms with Crippen molar-refractivity contribution in [1.29, 1.82) is 0 Å². The lowest BCUT2D eigenvalue weighted by Gasteiger charge is -2.06. The maximum absolute atomic E-state index is 10.8. The van der Waals surface area contributed by atoms with Gasteiger partial charge in [0.2, 0.25) is 0 Å². The van der Waals surface area contributed by atoms with Gasteiger partial charge in [-0.25, -0.2) is 4.79 Å². The highest BCUT2D eigenvalue weighted by atomic mass is 16.6. The fraction of sp³-hybridized carbons (Fsp3) is 0.385. The molecule has 6 heteroatoms. The van der Waals surface area contributed by atoms with E-state index >= 15 is 0 Å². The minimum Gasteiger partial charge on any atom is -0.478 e. The van der Waals surface area contributed by atoms with Crippen LogP contribution in [-0.2, 0) is 4.74 Å². The number of rotatable bonds is 6. The van der Waals surface area contributed by atoms with E-state index in [4.69, 9.17) is 19.0 Å². The summed E-state index contributed by atoms with van der Waals surface area (Å²) in [6.45, 7) is 4.65. The molecule has 102 valence electrons. The van der Waals surface area contributed by atoms with Gasteiger partial charge in [0.1, 0.15) is 12.1 Å². The first-order valence-corrected chi connectivity index (χ1v) is 5.94. The van der Waals surface area contributed by atoms with Crippen LogP contribution in [0.2, 0.25) is 0 Å². The van der Waals surface area contributed by atoms with E-state index in [0.717, 1.165) is 0 Å². The SMILES string of the molecule is CC(C)OCCOc1nc2ccc(C(=O)O)cc2o1. The number of carboxylic acids is 1. The highest BCUT2D eigenvalue weighted by Gasteiger charge is 2.10. The third-order valence-corrected chi connectivity index (χ3v) is 2.38. The topological polar surface area (TPSA) is 81.8 Å². The van der Waals surface area contributed by atoms with E-state index in [1.54, 1.807) is 6.07 Å². The van der Waals surface area contributed by atoms with Crippen LogP contribution in [0.5, 0.6) is 6.08 Å². The molecule has 0 amide bonds. The molecule has 6 nitrogen and oxygen atoms in total. The van der Waals surface area contributed by atoms with Crippen LogP contribution in [0.1, 0.15) is 24.2 Å². The first-order valence-electron chi connectivity index (χ1n) is 5.94. The molecule has 0 atom stereocenters. The van der Waals surface area contributed by atoms with Gasteiger partial charge in [-0.2, -0.15) is 4.98 Å². The quantitative estimate of drug-likeness (QED) is 0.807. The van der Waals surface area contributed by atoms with Gasteiger partial charge >= 0.3 is 12.0 Å². The summed E-state index contributed by atoms with van der Waals surface area (Å²) >= 11 is 0. The molecule has 1 aromatic heterocycles. The Morgan fingerprint density at radius 1 is 1.42 bits per heavy atom. The molecule has 1 heterocycles. The second-order valence-corrected chi connectivity index (χ2v) is 4.24. The minimum absolute atomic E-state index is 0.116. The maximum atomic E-state index is 10.8. The Bertz CT molecular complexity index is 575. The van der Waals surface area contributed by atoms with E-state index < -0.39 is 5.97 Å². The smallest absolute Gasteiger partial charge is 0.394 e. The van der Waals surface area contributed by atoms with Gasteiger partial charge in [0.05, 0.1) is 18.3 Å². The zero-order chi connectivity index (χ0) is 13.8. The monoisotopic (exact) mass is 265 g/mol. The standard InChI is InChI=1S/C13H15NO5/c1-8(2)17-5-6-18-13-14-10-4-3-9(12(15)16)7-11(10)19-13/h3-4,7-8H,5-6H2,1-2H3,(H,15,16). The highest BCUT2D eigenvalue weighted by molar-refractivity contribution is 5.91. The Hall–Kier alpha value is -2.08. The van der Waals surface area contributed by atoms with Crippen LogP contribution in [0.3, 0.4) is 0 Å². The predicted molar refractivity (Wildman–Crippen MR) is 67.6 cm³/mol. The van der Waals surface area contributed by atoms with Crippen LogP contribution in [0.15, 0.2) is 22.6 Å². The van der Waals surface area contributed by atoms with Crippen LogP contribution in [0, 0.1) is 0 Å². The number of hydrogen-bond donors (Lipinski definition) is 1. The molecular weight excluding hydrogens is 250 g/mol. The Labute approximate surface area is 109 Å². The highest BCUT2D eigenvalue weighted by Crippen LogP contribution is 2.21. The summed E-state index contributed by atoms with van der Waals surface area (Å²) in [6, 6.07) is 4.47. The number of fused-ring (bicyclic) bond motifs is 1. The zero-order valence-electron chi connectivity index (χ0n) is 10.8. The average molecular weight is 265 g/mol. The zero-order valence-corrected chi connectivity index (χ0v) is 10.8. The third-order valence-electron chi connectivity index (χ3n) is 2.38. The van der Waals surface area contributed by atoms with Crippen molar-refractivity contribution in [2.75, 3.05) is 13.2 Å². The molecule has 0 saturated heterocycles. The molecule has 0 aliphatic carbocycles. The van der Waals surface area contributed by atoms with Gasteiger partial charge in [-0.3, -0.25) is 0 Å². The molecule has 0 aliphatic rings. The van der Waals surface area contributed by atoms with Crippen molar-refractivity contribution in [2.45, 2.75) is 20.0 Å². The first kappa shape index (κ1) is 13.4. The number of oxazole rings is 1. The van der Waals surface area contributed by atoms with Gasteiger partial charge < -0.3 is 19.0 Å². The molecule has 1 aromatic carbocycles. The van der Waals surface area contributed by atoms with Crippen LogP contribution in [-0.4, -0.2) is 35.4 Å². The lowest BCUT2D eigenvalue weighted by atomic mass is 10.2. The van der Waals surface area contributed by atoms with Crippen molar-refractivity contribution < 1.29 is 23.8 Å². The van der Waals surface area contributed by atoms with Crippen molar-refractivity contribution in [3.63, 3.8) is 0 Å². The van der Waals surface area contributed by atoms with Crippen molar-refractivity contribution >= 4 is 17.1 Å². The number of benzene rings is 1. The van der Waals surface area contributed by atoms with Crippen LogP contribution < -0.4 is 4.74 Å². The number of carbonyl (C=O) groups is 1. The Kier molecular flexibility index (Phi) is 4.01. The van der Waals surface area contributed by atoms with Crippen molar-refractivity contribution in [3.05, 3.63) is 23.8 Å². The van der Waals surface area contributed by atoms with Gasteiger partial charge in [0, 0.05) is 0 Å². The van der Waals surface area contributed by atoms with Gasteiger partial charge in [0.15, 0.2) is 5.58 Å². The summed E-state index contributed by atoms with van der Waals surface area (Å²) in [6.07, 6.45) is 0.259. The number of aromatic nitrogens is 1. The molecule has 0 aliphatic heterocycles. The Morgan fingerprint density at radius 3 is 2.89 bits per heavy atom. The fourth-order valence-corrected chi connectivity index (χ4v) is 1.51. The second kappa shape index (κ2) is 5.71. The summed E-state index contributed by atoms with van der Waals surface area (Å²) in [4.78, 5) is 14.9. The largest absolute Gasteiger partial charge is 0.478 e. The number of aromatic carboxylic acids is 1. The number of carboxylic acid groups (broad SMARTS) is 1. The molecule has 1 N–H and O–H groups in total. The van der Waals surface area contributed by atoms with Crippen molar-refractivity contribution in [1.82, 2.24) is 4.98 Å². The molecule has 0 spiro atoms. The van der Waals surface area contributed by atoms with E-state index in [0.29, 0.717) is 24.3 Å². The average Bonchev–Trinajstić information content (AvgIpc) is 2.75. The lowest BCUT2D eigenvalue weighted by Crippen LogP contribution is -2.11. The first-order chi connectivity index (χ1) is 9.06. The number of hydrogen-bond acceptors (Lipinski definition) is 5. The maximum Gasteiger partial charge on any atom is 0.394 e. The molecule has 0 bridgehead atoms. The molecular formula is C13H15NO5. The Balaban J connectivity index is 2.03. The van der Waals surface area contributed by atoms with Crippen LogP contribution in [0.25, 0.3) is 11.1 Å². The van der Waals surface area contributed by atoms with Gasteiger partial charge in [-0.15, -0.1) is 0 Å². The van der Waals surface area contributed by atoms with E-state index in [-0.39, 0.29) is 17.7 Å². The fourth-order valence-electron chi connectivity index (χ4n) is 1.51. The normalized spacial score (nSPS) is 11.1. The van der Waals surface area contributed by atoms with E-state index in [9.17, 15) is 4.79 Å². The second-order valence-electron chi connectivity index (χ2n) is 4.24. The number of nitrogens with zero attached hydrogens (tertiary/aromatic N) is 1. The third kappa shape index (κ3) is 3.45. The molecule has 0 radical (unpaired) electrons. The van der Waals surface area contributed by atoms with Gasteiger partial charge in [0.25, 0.3) is 0 Å². The molecule has 0 saturated carbocycles. The minimum atomic E-state index is -1.01. The van der Waals surface area contributed by atoms with E-state index in [1.807, 2.05) is 13.8 Å². The Morgan fingerprint density at radius 2 is 2.21 bits per heavy atom. The van der Waals surface area contributed by atoms with Crippen LogP contribution >= 0.6 is 0 Å². The van der Waals surface area contributed by atoms with Crippen molar-refractivity contribution in [3.8, 4) is 6.08 Å². The van der Waals surface area contributed by atoms with Gasteiger partial charge in [-0.1, -0.05) is 0 Å². The summed E-state index contributed by atoms with van der Waals surface area (Å²) in [7, 11) is 0. The number of ether oxygens (including phenoxy) is 2. The molecule has 0 unspecified atom stereocenters. The summed E-state index contributed by atoms with van der Waals surface area (Å²) < 4.78 is 15.9. The van der Waals surface area contributed by atoms with Crippen LogP contribution in [0.4, 0.5) is 0 Å². The molecule has 2 aromatic rings. The lowest BCUT2D eigenvalue weighted by molar-refractivity contribution is 0.0485. The molecule has 0 fully saturated rings.